The van der Waals surface area contributed by atoms with Gasteiger partial charge in [0.05, 0.1) is 19.6 Å². The topological polar surface area (TPSA) is 101 Å². The van der Waals surface area contributed by atoms with Gasteiger partial charge < -0.3 is 23.7 Å². The Kier molecular flexibility index (Phi) is 15.0. The molecule has 0 heterocycles. The normalized spacial score (nSPS) is 10.8. The number of aryl methyl sites for hydroxylation is 1. The van der Waals surface area contributed by atoms with Gasteiger partial charge in [0.15, 0.2) is 0 Å². The van der Waals surface area contributed by atoms with Gasteiger partial charge in [-0.2, -0.15) is 35.1 Å². The van der Waals surface area contributed by atoms with E-state index in [1.54, 1.807) is 7.11 Å². The molecule has 8 nitrogen and oxygen atoms in total. The fourth-order valence-electron chi connectivity index (χ4n) is 3.91. The lowest BCUT2D eigenvalue weighted by atomic mass is 9.88. The van der Waals surface area contributed by atoms with Crippen LogP contribution in [0.5, 0.6) is 17.2 Å². The summed E-state index contributed by atoms with van der Waals surface area (Å²) in [6, 6.07) is 18.4. The van der Waals surface area contributed by atoms with Gasteiger partial charge in [-0.1, -0.05) is 37.4 Å². The number of alkyl halides is 3. The summed E-state index contributed by atoms with van der Waals surface area (Å²) in [6.07, 6.45) is 2.83. The Balaban J connectivity index is 0.000000903. The van der Waals surface area contributed by atoms with Gasteiger partial charge in [-0.05, 0) is 77.6 Å². The third-order valence-electron chi connectivity index (χ3n) is 5.68. The fraction of sp³-hybridized carbons (Fsp3) is 0.267. The number of hydrogen-bond donors (Lipinski definition) is 1. The van der Waals surface area contributed by atoms with Crippen LogP contribution in [0.1, 0.15) is 11.1 Å². The van der Waals surface area contributed by atoms with Crippen LogP contribution in [-0.4, -0.2) is 52.0 Å². The van der Waals surface area contributed by atoms with E-state index in [1.807, 2.05) is 24.3 Å². The van der Waals surface area contributed by atoms with Crippen molar-refractivity contribution in [2.45, 2.75) is 19.4 Å². The Hall–Kier alpha value is -3.81. The maximum Gasteiger partial charge on any atom is 0.522 e. The maximum atomic E-state index is 10.7. The number of halogens is 3. The summed E-state index contributed by atoms with van der Waals surface area (Å²) in [7, 11) is -4.13. The lowest BCUT2D eigenvalue weighted by Gasteiger charge is -2.19. The van der Waals surface area contributed by atoms with E-state index < -0.39 is 15.6 Å². The zero-order valence-electron chi connectivity index (χ0n) is 23.9. The van der Waals surface area contributed by atoms with Crippen molar-refractivity contribution in [3.8, 4) is 39.5 Å². The molecule has 3 aromatic carbocycles. The Morgan fingerprint density at radius 1 is 0.814 bits per heavy atom. The Morgan fingerprint density at radius 2 is 1.23 bits per heavy atom. The standard InChI is InChI=1S/C29H32O5.CHF3O3S.H2S/c1-6-31-16-18-33-25-12-8-23(9-13-25)27-20-21(3)29(30-5)22(4)28(27)24-10-14-26(15-11-24)34-19-17-32-7-2;2-1(3,4)8(5,6)7;/h6-15,20H,1-2,16-19H2,3-5H3;(H,5,6,7);1H2. The largest absolute Gasteiger partial charge is 0.522 e. The molecule has 0 bridgehead atoms. The van der Waals surface area contributed by atoms with Crippen molar-refractivity contribution >= 4 is 23.6 Å². The quantitative estimate of drug-likeness (QED) is 0.0901. The highest BCUT2D eigenvalue weighted by atomic mass is 32.2. The monoisotopic (exact) mass is 644 g/mol. The summed E-state index contributed by atoms with van der Waals surface area (Å²) in [6.45, 7) is 13.1. The minimum atomic E-state index is -5.84. The van der Waals surface area contributed by atoms with E-state index in [-0.39, 0.29) is 13.5 Å². The summed E-state index contributed by atoms with van der Waals surface area (Å²) >= 11 is 0. The first kappa shape index (κ1) is 37.2. The highest BCUT2D eigenvalue weighted by Gasteiger charge is 2.44. The van der Waals surface area contributed by atoms with E-state index in [4.69, 9.17) is 36.7 Å². The number of benzene rings is 3. The molecule has 13 heteroatoms. The molecule has 0 radical (unpaired) electrons. The van der Waals surface area contributed by atoms with Crippen LogP contribution in [0.2, 0.25) is 0 Å². The van der Waals surface area contributed by atoms with Crippen molar-refractivity contribution in [2.24, 2.45) is 0 Å². The van der Waals surface area contributed by atoms with Gasteiger partial charge in [0, 0.05) is 0 Å². The predicted octanol–water partition coefficient (Wildman–Crippen LogP) is 7.23. The van der Waals surface area contributed by atoms with E-state index >= 15 is 0 Å². The van der Waals surface area contributed by atoms with Gasteiger partial charge in [-0.25, -0.2) is 0 Å². The van der Waals surface area contributed by atoms with Crippen LogP contribution >= 0.6 is 13.5 Å². The second-order valence-corrected chi connectivity index (χ2v) is 9.93. The highest BCUT2D eigenvalue weighted by Crippen LogP contribution is 2.41. The molecule has 43 heavy (non-hydrogen) atoms. The lowest BCUT2D eigenvalue weighted by molar-refractivity contribution is -0.0510. The molecule has 0 saturated heterocycles. The van der Waals surface area contributed by atoms with Gasteiger partial charge >= 0.3 is 15.6 Å². The number of ether oxygens (including phenoxy) is 5. The smallest absolute Gasteiger partial charge is 0.498 e. The van der Waals surface area contributed by atoms with Crippen LogP contribution in [-0.2, 0) is 19.6 Å². The first-order valence-electron chi connectivity index (χ1n) is 12.5. The minimum Gasteiger partial charge on any atom is -0.498 e. The molecule has 0 saturated carbocycles. The average molecular weight is 645 g/mol. The second-order valence-electron chi connectivity index (χ2n) is 8.52. The summed E-state index contributed by atoms with van der Waals surface area (Å²) in [5.74, 6) is 2.47. The summed E-state index contributed by atoms with van der Waals surface area (Å²) in [4.78, 5) is 0. The first-order valence-corrected chi connectivity index (χ1v) is 13.9. The third-order valence-corrected chi connectivity index (χ3v) is 6.27. The Bertz CT molecular complexity index is 1420. The molecule has 0 unspecified atom stereocenters. The first-order chi connectivity index (χ1) is 19.8. The van der Waals surface area contributed by atoms with E-state index in [1.165, 1.54) is 12.5 Å². The average Bonchev–Trinajstić information content (AvgIpc) is 2.93. The molecule has 0 amide bonds. The fourth-order valence-corrected chi connectivity index (χ4v) is 3.91. The Morgan fingerprint density at radius 3 is 1.60 bits per heavy atom. The molecule has 236 valence electrons. The summed E-state index contributed by atoms with van der Waals surface area (Å²) < 4.78 is 85.0. The zero-order chi connectivity index (χ0) is 31.3. The van der Waals surface area contributed by atoms with Crippen LogP contribution in [0.25, 0.3) is 22.3 Å². The van der Waals surface area contributed by atoms with Gasteiger partial charge in [-0.3, -0.25) is 4.55 Å². The van der Waals surface area contributed by atoms with Gasteiger partial charge in [0.2, 0.25) is 0 Å². The molecule has 0 fully saturated rings. The van der Waals surface area contributed by atoms with Crippen LogP contribution < -0.4 is 14.2 Å². The molecular weight excluding hydrogens is 609 g/mol. The molecule has 0 aliphatic rings. The van der Waals surface area contributed by atoms with E-state index in [0.717, 1.165) is 50.6 Å². The third kappa shape index (κ3) is 11.1. The van der Waals surface area contributed by atoms with E-state index in [9.17, 15) is 13.2 Å². The number of rotatable bonds is 13. The second kappa shape index (κ2) is 17.3. The minimum absolute atomic E-state index is 0. The molecule has 0 spiro atoms. The summed E-state index contributed by atoms with van der Waals surface area (Å²) in [5.41, 5.74) is 1.08. The zero-order valence-corrected chi connectivity index (χ0v) is 25.8. The molecule has 3 aromatic rings. The van der Waals surface area contributed by atoms with Gasteiger partial charge in [-0.15, -0.1) is 0 Å². The molecule has 1 N–H and O–H groups in total. The number of hydrogen-bond acceptors (Lipinski definition) is 7. The lowest BCUT2D eigenvalue weighted by Crippen LogP contribution is -2.21. The van der Waals surface area contributed by atoms with Crippen LogP contribution in [0.15, 0.2) is 80.3 Å². The molecule has 0 aliphatic carbocycles. The highest BCUT2D eigenvalue weighted by molar-refractivity contribution is 7.86. The van der Waals surface area contributed by atoms with Crippen molar-refractivity contribution < 1.29 is 49.8 Å². The van der Waals surface area contributed by atoms with Gasteiger partial charge in [0.1, 0.15) is 43.7 Å². The molecule has 3 rings (SSSR count). The van der Waals surface area contributed by atoms with Crippen molar-refractivity contribution in [2.75, 3.05) is 33.5 Å². The van der Waals surface area contributed by atoms with Crippen molar-refractivity contribution in [1.29, 1.82) is 0 Å². The van der Waals surface area contributed by atoms with Gasteiger partial charge in [0.25, 0.3) is 0 Å². The van der Waals surface area contributed by atoms with Crippen molar-refractivity contribution in [3.05, 3.63) is 91.4 Å². The van der Waals surface area contributed by atoms with Crippen molar-refractivity contribution in [3.63, 3.8) is 0 Å². The predicted molar refractivity (Wildman–Crippen MR) is 165 cm³/mol. The molecule has 0 atom stereocenters. The van der Waals surface area contributed by atoms with Crippen molar-refractivity contribution in [1.82, 2.24) is 0 Å². The summed E-state index contributed by atoms with van der Waals surface area (Å²) in [5, 5.41) is 0. The Labute approximate surface area is 256 Å². The van der Waals surface area contributed by atoms with Crippen LogP contribution in [0, 0.1) is 13.8 Å². The van der Waals surface area contributed by atoms with E-state index in [2.05, 4.69) is 57.3 Å². The maximum absolute atomic E-state index is 10.7. The SMILES string of the molecule is C=COCCOc1ccc(-c2cc(C)c(OC)c(C)c2-c2ccc(OCCOC=C)cc2)cc1.O=S(=O)(O)C(F)(F)F.S. The van der Waals surface area contributed by atoms with Crippen LogP contribution in [0.4, 0.5) is 13.2 Å². The molecule has 0 aromatic heterocycles. The van der Waals surface area contributed by atoms with E-state index in [0.29, 0.717) is 26.4 Å². The van der Waals surface area contributed by atoms with Crippen LogP contribution in [0.3, 0.4) is 0 Å². The molecule has 0 aliphatic heterocycles. The number of methoxy groups -OCH3 is 1. The molecular formula is C30H35F3O8S2.